The second kappa shape index (κ2) is 10.3. The van der Waals surface area contributed by atoms with Crippen molar-refractivity contribution >= 4 is 29.1 Å². The van der Waals surface area contributed by atoms with E-state index in [2.05, 4.69) is 32.4 Å². The molecule has 6 nitrogen and oxygen atoms in total. The summed E-state index contributed by atoms with van der Waals surface area (Å²) in [5.41, 5.74) is 1.02. The maximum atomic E-state index is 12.2. The molecule has 1 aromatic carbocycles. The van der Waals surface area contributed by atoms with Crippen LogP contribution in [0.1, 0.15) is 38.2 Å². The maximum absolute atomic E-state index is 12.2. The first-order valence-electron chi connectivity index (χ1n) is 9.96. The van der Waals surface area contributed by atoms with Crippen LogP contribution in [0.4, 0.5) is 11.6 Å². The van der Waals surface area contributed by atoms with Crippen molar-refractivity contribution in [2.75, 3.05) is 29.9 Å². The monoisotopic (exact) mass is 401 g/mol. The molecule has 3 rings (SSSR count). The van der Waals surface area contributed by atoms with Crippen LogP contribution in [0.15, 0.2) is 36.7 Å². The normalized spacial score (nSPS) is 16.6. The molecule has 2 heterocycles. The smallest absolute Gasteiger partial charge is 0.220 e. The Morgan fingerprint density at radius 2 is 2.21 bits per heavy atom. The number of nitrogens with one attached hydrogen (secondary N) is 2. The van der Waals surface area contributed by atoms with E-state index >= 15 is 0 Å². The van der Waals surface area contributed by atoms with E-state index in [1.54, 1.807) is 6.33 Å². The predicted molar refractivity (Wildman–Crippen MR) is 114 cm³/mol. The Kier molecular flexibility index (Phi) is 7.48. The number of hydrogen-bond acceptors (Lipinski definition) is 5. The fourth-order valence-electron chi connectivity index (χ4n) is 3.58. The molecule has 0 radical (unpaired) electrons. The van der Waals surface area contributed by atoms with Gasteiger partial charge in [-0.25, -0.2) is 9.97 Å². The molecule has 0 saturated carbocycles. The van der Waals surface area contributed by atoms with E-state index in [4.69, 9.17) is 11.6 Å². The van der Waals surface area contributed by atoms with Crippen LogP contribution in [0.3, 0.4) is 0 Å². The summed E-state index contributed by atoms with van der Waals surface area (Å²) in [6.45, 7) is 5.34. The lowest BCUT2D eigenvalue weighted by atomic mass is 9.93. The molecule has 1 aliphatic rings. The lowest BCUT2D eigenvalue weighted by Gasteiger charge is -2.33. The van der Waals surface area contributed by atoms with Gasteiger partial charge in [0, 0.05) is 43.7 Å². The van der Waals surface area contributed by atoms with Crippen LogP contribution in [0.2, 0.25) is 5.02 Å². The summed E-state index contributed by atoms with van der Waals surface area (Å²) in [7, 11) is 0. The molecule has 1 amide bonds. The topological polar surface area (TPSA) is 70.2 Å². The molecule has 1 fully saturated rings. The fourth-order valence-corrected chi connectivity index (χ4v) is 3.79. The van der Waals surface area contributed by atoms with E-state index in [0.717, 1.165) is 56.1 Å². The second-order valence-corrected chi connectivity index (χ2v) is 7.63. The highest BCUT2D eigenvalue weighted by Gasteiger charge is 2.22. The van der Waals surface area contributed by atoms with Gasteiger partial charge in [0.05, 0.1) is 0 Å². The first-order chi connectivity index (χ1) is 13.6. The van der Waals surface area contributed by atoms with Gasteiger partial charge in [-0.15, -0.1) is 0 Å². The number of amides is 1. The molecule has 28 heavy (non-hydrogen) atoms. The zero-order valence-electron chi connectivity index (χ0n) is 16.3. The lowest BCUT2D eigenvalue weighted by Crippen LogP contribution is -2.36. The van der Waals surface area contributed by atoms with E-state index in [-0.39, 0.29) is 5.91 Å². The van der Waals surface area contributed by atoms with Crippen molar-refractivity contribution in [1.29, 1.82) is 0 Å². The minimum atomic E-state index is 0.0913. The molecular weight excluding hydrogens is 374 g/mol. The number of rotatable bonds is 8. The molecule has 1 aromatic heterocycles. The van der Waals surface area contributed by atoms with Crippen LogP contribution in [0, 0.1) is 5.92 Å². The van der Waals surface area contributed by atoms with Crippen LogP contribution in [0.5, 0.6) is 0 Å². The van der Waals surface area contributed by atoms with Crippen molar-refractivity contribution < 1.29 is 4.79 Å². The molecular formula is C21H28ClN5O. The number of piperidine rings is 1. The maximum Gasteiger partial charge on any atom is 0.220 e. The SMILES string of the molecule is CCNc1cc(N2CCCC(CCC(=O)NCc3cccc(Cl)c3)C2)ncn1. The Morgan fingerprint density at radius 1 is 1.32 bits per heavy atom. The largest absolute Gasteiger partial charge is 0.370 e. The number of hydrogen-bond donors (Lipinski definition) is 2. The molecule has 1 atom stereocenters. The van der Waals surface area contributed by atoms with Gasteiger partial charge in [0.15, 0.2) is 0 Å². The number of carbonyl (C=O) groups is 1. The van der Waals surface area contributed by atoms with Gasteiger partial charge in [-0.3, -0.25) is 4.79 Å². The summed E-state index contributed by atoms with van der Waals surface area (Å²) in [4.78, 5) is 23.2. The van der Waals surface area contributed by atoms with Crippen LogP contribution >= 0.6 is 11.6 Å². The highest BCUT2D eigenvalue weighted by Crippen LogP contribution is 2.25. The zero-order chi connectivity index (χ0) is 19.8. The highest BCUT2D eigenvalue weighted by atomic mass is 35.5. The molecule has 1 unspecified atom stereocenters. The summed E-state index contributed by atoms with van der Waals surface area (Å²) in [6.07, 6.45) is 5.33. The first-order valence-corrected chi connectivity index (χ1v) is 10.3. The Balaban J connectivity index is 1.45. The number of benzene rings is 1. The third kappa shape index (κ3) is 6.09. The molecule has 1 aliphatic heterocycles. The minimum Gasteiger partial charge on any atom is -0.370 e. The van der Waals surface area contributed by atoms with Crippen LogP contribution in [-0.2, 0) is 11.3 Å². The van der Waals surface area contributed by atoms with Crippen molar-refractivity contribution in [3.63, 3.8) is 0 Å². The number of aromatic nitrogens is 2. The summed E-state index contributed by atoms with van der Waals surface area (Å²) in [6, 6.07) is 9.58. The molecule has 0 aliphatic carbocycles. The quantitative estimate of drug-likeness (QED) is 0.702. The Hall–Kier alpha value is -2.34. The summed E-state index contributed by atoms with van der Waals surface area (Å²) in [5, 5.41) is 6.91. The van der Waals surface area contributed by atoms with E-state index in [1.165, 1.54) is 0 Å². The van der Waals surface area contributed by atoms with Crippen molar-refractivity contribution in [2.45, 2.75) is 39.2 Å². The van der Waals surface area contributed by atoms with Gasteiger partial charge in [-0.05, 0) is 49.8 Å². The van der Waals surface area contributed by atoms with Crippen molar-refractivity contribution in [3.8, 4) is 0 Å². The van der Waals surface area contributed by atoms with Crippen LogP contribution in [0.25, 0.3) is 0 Å². The van der Waals surface area contributed by atoms with Gasteiger partial charge >= 0.3 is 0 Å². The Morgan fingerprint density at radius 3 is 3.04 bits per heavy atom. The zero-order valence-corrected chi connectivity index (χ0v) is 17.1. The van der Waals surface area contributed by atoms with Gasteiger partial charge in [-0.1, -0.05) is 23.7 Å². The lowest BCUT2D eigenvalue weighted by molar-refractivity contribution is -0.121. The van der Waals surface area contributed by atoms with Crippen molar-refractivity contribution in [1.82, 2.24) is 15.3 Å². The van der Waals surface area contributed by atoms with Gasteiger partial charge in [0.25, 0.3) is 0 Å². The van der Waals surface area contributed by atoms with Gasteiger partial charge in [0.2, 0.25) is 5.91 Å². The molecule has 1 saturated heterocycles. The van der Waals surface area contributed by atoms with Gasteiger partial charge in [0.1, 0.15) is 18.0 Å². The predicted octanol–water partition coefficient (Wildman–Crippen LogP) is 3.87. The number of halogens is 1. The number of anilines is 2. The first kappa shape index (κ1) is 20.4. The van der Waals surface area contributed by atoms with Gasteiger partial charge in [-0.2, -0.15) is 0 Å². The molecule has 150 valence electrons. The van der Waals surface area contributed by atoms with E-state index in [1.807, 2.05) is 30.3 Å². The Bertz CT molecular complexity index is 785. The number of carbonyl (C=O) groups excluding carboxylic acids is 1. The van der Waals surface area contributed by atoms with Crippen molar-refractivity contribution in [3.05, 3.63) is 47.2 Å². The summed E-state index contributed by atoms with van der Waals surface area (Å²) in [5.74, 6) is 2.41. The van der Waals surface area contributed by atoms with Crippen LogP contribution < -0.4 is 15.5 Å². The molecule has 7 heteroatoms. The second-order valence-electron chi connectivity index (χ2n) is 7.19. The summed E-state index contributed by atoms with van der Waals surface area (Å²) < 4.78 is 0. The third-order valence-corrected chi connectivity index (χ3v) is 5.25. The highest BCUT2D eigenvalue weighted by molar-refractivity contribution is 6.30. The standard InChI is InChI=1S/C21H28ClN5O/c1-2-23-19-12-20(26-15-25-19)27-10-4-6-16(14-27)8-9-21(28)24-13-17-5-3-7-18(22)11-17/h3,5,7,11-12,15-16H,2,4,6,8-10,13-14H2,1H3,(H,24,28)(H,23,25,26). The third-order valence-electron chi connectivity index (χ3n) is 5.01. The fraction of sp³-hybridized carbons (Fsp3) is 0.476. The average molecular weight is 402 g/mol. The molecule has 2 aromatic rings. The summed E-state index contributed by atoms with van der Waals surface area (Å²) >= 11 is 5.98. The minimum absolute atomic E-state index is 0.0913. The van der Waals surface area contributed by atoms with E-state index in [0.29, 0.717) is 23.9 Å². The number of nitrogens with zero attached hydrogens (tertiary/aromatic N) is 3. The molecule has 2 N–H and O–H groups in total. The van der Waals surface area contributed by atoms with Gasteiger partial charge < -0.3 is 15.5 Å². The molecule has 0 bridgehead atoms. The molecule has 0 spiro atoms. The van der Waals surface area contributed by atoms with Crippen molar-refractivity contribution in [2.24, 2.45) is 5.92 Å². The van der Waals surface area contributed by atoms with E-state index in [9.17, 15) is 4.79 Å². The average Bonchev–Trinajstić information content (AvgIpc) is 2.71. The Labute approximate surface area is 171 Å². The van der Waals surface area contributed by atoms with E-state index < -0.39 is 0 Å². The van der Waals surface area contributed by atoms with Crippen LogP contribution in [-0.4, -0.2) is 35.5 Å².